The molecule has 104 valence electrons. The number of halogens is 2. The highest BCUT2D eigenvalue weighted by Gasteiger charge is 2.04. The first kappa shape index (κ1) is 14.6. The van der Waals surface area contributed by atoms with Crippen LogP contribution in [0.15, 0.2) is 42.5 Å². The summed E-state index contributed by atoms with van der Waals surface area (Å²) in [7, 11) is 0. The van der Waals surface area contributed by atoms with E-state index in [9.17, 15) is 4.39 Å². The molecule has 20 heavy (non-hydrogen) atoms. The first-order valence-corrected chi connectivity index (χ1v) is 6.56. The van der Waals surface area contributed by atoms with Gasteiger partial charge in [0.15, 0.2) is 5.11 Å². The van der Waals surface area contributed by atoms with E-state index in [0.29, 0.717) is 16.5 Å². The molecule has 0 amide bonds. The Morgan fingerprint density at radius 1 is 1.30 bits per heavy atom. The zero-order valence-electron chi connectivity index (χ0n) is 10.4. The second-order valence-corrected chi connectivity index (χ2v) is 4.90. The zero-order valence-corrected chi connectivity index (χ0v) is 12.0. The van der Waals surface area contributed by atoms with Crippen molar-refractivity contribution in [2.24, 2.45) is 5.73 Å². The summed E-state index contributed by atoms with van der Waals surface area (Å²) < 4.78 is 18.6. The van der Waals surface area contributed by atoms with E-state index in [1.807, 2.05) is 0 Å². The van der Waals surface area contributed by atoms with Crippen LogP contribution in [-0.4, -0.2) is 5.11 Å². The quantitative estimate of drug-likeness (QED) is 0.845. The molecule has 3 N–H and O–H groups in total. The Morgan fingerprint density at radius 3 is 2.75 bits per heavy atom. The summed E-state index contributed by atoms with van der Waals surface area (Å²) in [6.07, 6.45) is 0. The van der Waals surface area contributed by atoms with Gasteiger partial charge in [-0.3, -0.25) is 0 Å². The Morgan fingerprint density at radius 2 is 2.10 bits per heavy atom. The number of nitrogens with two attached hydrogens (primary N) is 1. The molecule has 6 heteroatoms. The predicted octanol–water partition coefficient (Wildman–Crippen LogP) is 3.71. The average Bonchev–Trinajstić information content (AvgIpc) is 2.37. The fraction of sp³-hybridized carbons (Fsp3) is 0.0714. The van der Waals surface area contributed by atoms with E-state index in [1.165, 1.54) is 12.1 Å². The van der Waals surface area contributed by atoms with Crippen molar-refractivity contribution >= 4 is 34.6 Å². The molecular weight excluding hydrogens is 299 g/mol. The molecule has 2 aromatic carbocycles. The standard InChI is InChI=1S/C14H12ClFN2OS/c15-12-7-11(18-14(17)20)4-5-13(12)19-8-9-2-1-3-10(16)6-9/h1-7H,8H2,(H3,17,18,20). The zero-order chi connectivity index (χ0) is 14.5. The lowest BCUT2D eigenvalue weighted by atomic mass is 10.2. The molecule has 2 aromatic rings. The maximum Gasteiger partial charge on any atom is 0.168 e. The smallest absolute Gasteiger partial charge is 0.168 e. The highest BCUT2D eigenvalue weighted by Crippen LogP contribution is 2.28. The molecule has 0 atom stereocenters. The molecular formula is C14H12ClFN2OS. The molecule has 2 rings (SSSR count). The molecule has 0 fully saturated rings. The van der Waals surface area contributed by atoms with Crippen LogP contribution >= 0.6 is 23.8 Å². The summed E-state index contributed by atoms with van der Waals surface area (Å²) in [5.41, 5.74) is 6.78. The van der Waals surface area contributed by atoms with Crippen molar-refractivity contribution in [1.29, 1.82) is 0 Å². The third-order valence-corrected chi connectivity index (χ3v) is 2.88. The molecule has 0 unspecified atom stereocenters. The Kier molecular flexibility index (Phi) is 4.76. The number of ether oxygens (including phenoxy) is 1. The number of hydrogen-bond acceptors (Lipinski definition) is 2. The van der Waals surface area contributed by atoms with Crippen molar-refractivity contribution in [3.63, 3.8) is 0 Å². The van der Waals surface area contributed by atoms with Crippen molar-refractivity contribution in [3.8, 4) is 5.75 Å². The van der Waals surface area contributed by atoms with Gasteiger partial charge in [-0.1, -0.05) is 23.7 Å². The number of benzene rings is 2. The summed E-state index contributed by atoms with van der Waals surface area (Å²) in [6, 6.07) is 11.3. The van der Waals surface area contributed by atoms with Crippen LogP contribution in [0, 0.1) is 5.82 Å². The van der Waals surface area contributed by atoms with Crippen molar-refractivity contribution in [2.75, 3.05) is 5.32 Å². The number of nitrogens with one attached hydrogen (secondary N) is 1. The summed E-state index contributed by atoms with van der Waals surface area (Å²) in [4.78, 5) is 0. The normalized spacial score (nSPS) is 10.1. The van der Waals surface area contributed by atoms with Gasteiger partial charge in [0, 0.05) is 5.69 Å². The second kappa shape index (κ2) is 6.54. The van der Waals surface area contributed by atoms with Gasteiger partial charge < -0.3 is 15.8 Å². The molecule has 0 aliphatic rings. The Balaban J connectivity index is 2.04. The van der Waals surface area contributed by atoms with Crippen LogP contribution in [0.3, 0.4) is 0 Å². The summed E-state index contributed by atoms with van der Waals surface area (Å²) in [6.45, 7) is 0.236. The first-order chi connectivity index (χ1) is 9.54. The van der Waals surface area contributed by atoms with Crippen LogP contribution < -0.4 is 15.8 Å². The van der Waals surface area contributed by atoms with Crippen LogP contribution in [0.4, 0.5) is 10.1 Å². The molecule has 0 aliphatic carbocycles. The molecule has 3 nitrogen and oxygen atoms in total. The van der Waals surface area contributed by atoms with Gasteiger partial charge >= 0.3 is 0 Å². The lowest BCUT2D eigenvalue weighted by Crippen LogP contribution is -2.18. The number of anilines is 1. The predicted molar refractivity (Wildman–Crippen MR) is 82.6 cm³/mol. The lowest BCUT2D eigenvalue weighted by molar-refractivity contribution is 0.306. The number of hydrogen-bond donors (Lipinski definition) is 2. The van der Waals surface area contributed by atoms with E-state index >= 15 is 0 Å². The van der Waals surface area contributed by atoms with E-state index in [0.717, 1.165) is 5.56 Å². The van der Waals surface area contributed by atoms with Crippen LogP contribution in [0.25, 0.3) is 0 Å². The Bertz CT molecular complexity index is 636. The van der Waals surface area contributed by atoms with Crippen molar-refractivity contribution < 1.29 is 9.13 Å². The highest BCUT2D eigenvalue weighted by molar-refractivity contribution is 7.80. The molecule has 0 spiro atoms. The molecule has 0 saturated heterocycles. The van der Waals surface area contributed by atoms with Gasteiger partial charge in [-0.2, -0.15) is 0 Å². The molecule has 0 aliphatic heterocycles. The third-order valence-electron chi connectivity index (χ3n) is 2.48. The largest absolute Gasteiger partial charge is 0.487 e. The molecule has 0 radical (unpaired) electrons. The number of rotatable bonds is 4. The van der Waals surface area contributed by atoms with Crippen LogP contribution in [-0.2, 0) is 6.61 Å². The molecule has 0 aromatic heterocycles. The minimum atomic E-state index is -0.298. The Labute approximate surface area is 126 Å². The van der Waals surface area contributed by atoms with E-state index in [4.69, 9.17) is 34.3 Å². The van der Waals surface area contributed by atoms with E-state index in [-0.39, 0.29) is 17.5 Å². The van der Waals surface area contributed by atoms with E-state index < -0.39 is 0 Å². The fourth-order valence-electron chi connectivity index (χ4n) is 1.63. The topological polar surface area (TPSA) is 47.3 Å². The van der Waals surface area contributed by atoms with Gasteiger partial charge in [0.05, 0.1) is 5.02 Å². The fourth-order valence-corrected chi connectivity index (χ4v) is 1.98. The van der Waals surface area contributed by atoms with Crippen LogP contribution in [0.5, 0.6) is 5.75 Å². The van der Waals surface area contributed by atoms with Gasteiger partial charge in [0.25, 0.3) is 0 Å². The van der Waals surface area contributed by atoms with Crippen LogP contribution in [0.2, 0.25) is 5.02 Å². The summed E-state index contributed by atoms with van der Waals surface area (Å²) >= 11 is 10.8. The van der Waals surface area contributed by atoms with Crippen LogP contribution in [0.1, 0.15) is 5.56 Å². The average molecular weight is 311 g/mol. The maximum absolute atomic E-state index is 13.0. The van der Waals surface area contributed by atoms with Gasteiger partial charge in [0.1, 0.15) is 18.2 Å². The summed E-state index contributed by atoms with van der Waals surface area (Å²) in [5.74, 6) is 0.206. The van der Waals surface area contributed by atoms with Crippen molar-refractivity contribution in [3.05, 3.63) is 58.9 Å². The van der Waals surface area contributed by atoms with E-state index in [2.05, 4.69) is 5.32 Å². The molecule has 0 heterocycles. The minimum absolute atomic E-state index is 0.162. The van der Waals surface area contributed by atoms with Gasteiger partial charge in [-0.25, -0.2) is 4.39 Å². The SMILES string of the molecule is NC(=S)Nc1ccc(OCc2cccc(F)c2)c(Cl)c1. The third kappa shape index (κ3) is 4.08. The van der Waals surface area contributed by atoms with Crippen molar-refractivity contribution in [1.82, 2.24) is 0 Å². The van der Waals surface area contributed by atoms with E-state index in [1.54, 1.807) is 30.3 Å². The van der Waals surface area contributed by atoms with Gasteiger partial charge in [-0.15, -0.1) is 0 Å². The summed E-state index contributed by atoms with van der Waals surface area (Å²) in [5, 5.41) is 3.35. The van der Waals surface area contributed by atoms with Gasteiger partial charge in [0.2, 0.25) is 0 Å². The highest BCUT2D eigenvalue weighted by atomic mass is 35.5. The Hall–Kier alpha value is -1.85. The van der Waals surface area contributed by atoms with Gasteiger partial charge in [-0.05, 0) is 48.1 Å². The first-order valence-electron chi connectivity index (χ1n) is 5.78. The van der Waals surface area contributed by atoms with Crippen molar-refractivity contribution in [2.45, 2.75) is 6.61 Å². The molecule has 0 bridgehead atoms. The monoisotopic (exact) mass is 310 g/mol. The second-order valence-electron chi connectivity index (χ2n) is 4.05. The molecule has 0 saturated carbocycles. The number of thiocarbonyl (C=S) groups is 1. The lowest BCUT2D eigenvalue weighted by Gasteiger charge is -2.10. The minimum Gasteiger partial charge on any atom is -0.487 e. The maximum atomic E-state index is 13.0.